The van der Waals surface area contributed by atoms with E-state index in [1.807, 2.05) is 0 Å². The average molecular weight is 280 g/mol. The highest BCUT2D eigenvalue weighted by atomic mass is 16.3. The Kier molecular flexibility index (Phi) is 4.20. The summed E-state index contributed by atoms with van der Waals surface area (Å²) in [6, 6.07) is 0.520. The molecule has 0 aromatic heterocycles. The Morgan fingerprint density at radius 3 is 2.45 bits per heavy atom. The highest BCUT2D eigenvalue weighted by Gasteiger charge is 2.42. The van der Waals surface area contributed by atoms with Gasteiger partial charge in [-0.1, -0.05) is 6.42 Å². The van der Waals surface area contributed by atoms with E-state index in [0.29, 0.717) is 12.0 Å². The van der Waals surface area contributed by atoms with E-state index in [1.165, 1.54) is 25.7 Å². The molecule has 20 heavy (non-hydrogen) atoms. The molecule has 0 aromatic carbocycles. The fourth-order valence-electron chi connectivity index (χ4n) is 4.67. The summed E-state index contributed by atoms with van der Waals surface area (Å²) in [4.78, 5) is 12.1. The molecule has 114 valence electrons. The maximum Gasteiger partial charge on any atom is 0.315 e. The van der Waals surface area contributed by atoms with Gasteiger partial charge in [0, 0.05) is 12.1 Å². The molecule has 3 N–H and O–H groups in total. The minimum Gasteiger partial charge on any atom is -0.393 e. The van der Waals surface area contributed by atoms with Gasteiger partial charge in [0.25, 0.3) is 0 Å². The number of rotatable bonds is 3. The maximum atomic E-state index is 12.1. The molecule has 4 nitrogen and oxygen atoms in total. The summed E-state index contributed by atoms with van der Waals surface area (Å²) in [7, 11) is 0. The molecule has 0 heterocycles. The molecule has 0 spiro atoms. The smallest absolute Gasteiger partial charge is 0.315 e. The molecule has 2 amide bonds. The molecule has 0 saturated heterocycles. The van der Waals surface area contributed by atoms with Gasteiger partial charge in [0.1, 0.15) is 0 Å². The zero-order chi connectivity index (χ0) is 14.1. The third kappa shape index (κ3) is 3.11. The van der Waals surface area contributed by atoms with E-state index in [4.69, 9.17) is 0 Å². The van der Waals surface area contributed by atoms with Crippen molar-refractivity contribution in [1.29, 1.82) is 0 Å². The molecule has 0 radical (unpaired) electrons. The van der Waals surface area contributed by atoms with Crippen molar-refractivity contribution < 1.29 is 9.90 Å². The normalized spacial score (nSPS) is 41.4. The van der Waals surface area contributed by atoms with Crippen LogP contribution < -0.4 is 10.6 Å². The number of amides is 2. The molecule has 0 aromatic rings. The number of urea groups is 1. The van der Waals surface area contributed by atoms with Crippen LogP contribution in [0.25, 0.3) is 0 Å². The number of aliphatic hydroxyl groups is 1. The summed E-state index contributed by atoms with van der Waals surface area (Å²) in [5, 5.41) is 15.7. The van der Waals surface area contributed by atoms with E-state index in [0.717, 1.165) is 37.5 Å². The standard InChI is InChI=1S/C16H28N2O2/c1-10(15-9-11-2-3-12(15)8-11)17-16(20)18-13-4-6-14(19)7-5-13/h10-15,19H,2-9H2,1H3,(H2,17,18,20). The molecule has 3 aliphatic carbocycles. The van der Waals surface area contributed by atoms with Crippen molar-refractivity contribution in [2.24, 2.45) is 17.8 Å². The van der Waals surface area contributed by atoms with Crippen LogP contribution in [0.15, 0.2) is 0 Å². The fourth-order valence-corrected chi connectivity index (χ4v) is 4.67. The van der Waals surface area contributed by atoms with Crippen molar-refractivity contribution in [3.63, 3.8) is 0 Å². The van der Waals surface area contributed by atoms with Gasteiger partial charge in [0.15, 0.2) is 0 Å². The number of fused-ring (bicyclic) bond motifs is 2. The van der Waals surface area contributed by atoms with Crippen LogP contribution in [0.1, 0.15) is 58.3 Å². The van der Waals surface area contributed by atoms with E-state index in [2.05, 4.69) is 17.6 Å². The lowest BCUT2D eigenvalue weighted by Gasteiger charge is -2.30. The van der Waals surface area contributed by atoms with Gasteiger partial charge in [-0.05, 0) is 69.6 Å². The predicted molar refractivity (Wildman–Crippen MR) is 78.3 cm³/mol. The van der Waals surface area contributed by atoms with E-state index in [-0.39, 0.29) is 18.2 Å². The summed E-state index contributed by atoms with van der Waals surface area (Å²) in [5.74, 6) is 2.46. The minimum absolute atomic E-state index is 0.0123. The third-order valence-corrected chi connectivity index (χ3v) is 5.83. The number of nitrogens with one attached hydrogen (secondary N) is 2. The Balaban J connectivity index is 1.42. The first-order valence-corrected chi connectivity index (χ1v) is 8.37. The molecule has 4 unspecified atom stereocenters. The Morgan fingerprint density at radius 1 is 1.10 bits per heavy atom. The summed E-state index contributed by atoms with van der Waals surface area (Å²) in [5.41, 5.74) is 0. The zero-order valence-corrected chi connectivity index (χ0v) is 12.5. The van der Waals surface area contributed by atoms with Crippen LogP contribution in [0.5, 0.6) is 0 Å². The van der Waals surface area contributed by atoms with E-state index in [9.17, 15) is 9.90 Å². The van der Waals surface area contributed by atoms with Crippen molar-refractivity contribution in [3.05, 3.63) is 0 Å². The number of carbonyl (C=O) groups is 1. The van der Waals surface area contributed by atoms with Gasteiger partial charge < -0.3 is 15.7 Å². The number of carbonyl (C=O) groups excluding carboxylic acids is 1. The van der Waals surface area contributed by atoms with Gasteiger partial charge in [-0.15, -0.1) is 0 Å². The molecule has 3 rings (SSSR count). The summed E-state index contributed by atoms with van der Waals surface area (Å²) < 4.78 is 0. The lowest BCUT2D eigenvalue weighted by molar-refractivity contribution is 0.117. The predicted octanol–water partition coefficient (Wildman–Crippen LogP) is 2.41. The van der Waals surface area contributed by atoms with Gasteiger partial charge in [0.2, 0.25) is 0 Å². The van der Waals surface area contributed by atoms with Gasteiger partial charge in [0.05, 0.1) is 6.10 Å². The third-order valence-electron chi connectivity index (χ3n) is 5.83. The van der Waals surface area contributed by atoms with E-state index >= 15 is 0 Å². The van der Waals surface area contributed by atoms with Crippen molar-refractivity contribution >= 4 is 6.03 Å². The van der Waals surface area contributed by atoms with Gasteiger partial charge in [-0.3, -0.25) is 0 Å². The molecule has 2 bridgehead atoms. The van der Waals surface area contributed by atoms with Crippen LogP contribution in [-0.4, -0.2) is 29.3 Å². The molecular formula is C16H28N2O2. The van der Waals surface area contributed by atoms with Crippen LogP contribution in [0, 0.1) is 17.8 Å². The van der Waals surface area contributed by atoms with Crippen LogP contribution in [0.2, 0.25) is 0 Å². The number of hydrogen-bond acceptors (Lipinski definition) is 2. The number of aliphatic hydroxyl groups excluding tert-OH is 1. The van der Waals surface area contributed by atoms with E-state index in [1.54, 1.807) is 0 Å². The lowest BCUT2D eigenvalue weighted by atomic mass is 9.84. The Hall–Kier alpha value is -0.770. The van der Waals surface area contributed by atoms with Crippen molar-refractivity contribution in [2.45, 2.75) is 76.5 Å². The second-order valence-electron chi connectivity index (χ2n) is 7.25. The van der Waals surface area contributed by atoms with Gasteiger partial charge >= 0.3 is 6.03 Å². The average Bonchev–Trinajstić information content (AvgIpc) is 3.03. The molecule has 4 heteroatoms. The first kappa shape index (κ1) is 14.2. The van der Waals surface area contributed by atoms with Crippen LogP contribution in [-0.2, 0) is 0 Å². The summed E-state index contributed by atoms with van der Waals surface area (Å²) >= 11 is 0. The summed E-state index contributed by atoms with van der Waals surface area (Å²) in [6.45, 7) is 2.16. The zero-order valence-electron chi connectivity index (χ0n) is 12.5. The van der Waals surface area contributed by atoms with Crippen LogP contribution >= 0.6 is 0 Å². The minimum atomic E-state index is -0.163. The highest BCUT2D eigenvalue weighted by Crippen LogP contribution is 2.49. The molecule has 3 saturated carbocycles. The fraction of sp³-hybridized carbons (Fsp3) is 0.938. The van der Waals surface area contributed by atoms with E-state index < -0.39 is 0 Å². The van der Waals surface area contributed by atoms with Gasteiger partial charge in [-0.2, -0.15) is 0 Å². The molecule has 4 atom stereocenters. The second-order valence-corrected chi connectivity index (χ2v) is 7.25. The first-order chi connectivity index (χ1) is 9.61. The van der Waals surface area contributed by atoms with Crippen molar-refractivity contribution in [1.82, 2.24) is 10.6 Å². The maximum absolute atomic E-state index is 12.1. The van der Waals surface area contributed by atoms with Crippen LogP contribution in [0.4, 0.5) is 4.79 Å². The quantitative estimate of drug-likeness (QED) is 0.743. The highest BCUT2D eigenvalue weighted by molar-refractivity contribution is 5.74. The van der Waals surface area contributed by atoms with Crippen LogP contribution in [0.3, 0.4) is 0 Å². The van der Waals surface area contributed by atoms with Gasteiger partial charge in [-0.25, -0.2) is 4.79 Å². The van der Waals surface area contributed by atoms with Crippen molar-refractivity contribution in [3.8, 4) is 0 Å². The lowest BCUT2D eigenvalue weighted by Crippen LogP contribution is -2.49. The molecular weight excluding hydrogens is 252 g/mol. The first-order valence-electron chi connectivity index (χ1n) is 8.37. The largest absolute Gasteiger partial charge is 0.393 e. The molecule has 3 aliphatic rings. The van der Waals surface area contributed by atoms with Crippen molar-refractivity contribution in [2.75, 3.05) is 0 Å². The topological polar surface area (TPSA) is 61.4 Å². The Bertz CT molecular complexity index is 352. The SMILES string of the molecule is CC(NC(=O)NC1CCC(O)CC1)C1CC2CCC1C2. The Labute approximate surface area is 121 Å². The second kappa shape index (κ2) is 5.92. The Morgan fingerprint density at radius 2 is 1.85 bits per heavy atom. The monoisotopic (exact) mass is 280 g/mol. The number of hydrogen-bond donors (Lipinski definition) is 3. The summed E-state index contributed by atoms with van der Waals surface area (Å²) in [6.07, 6.45) is 8.73. The molecule has 3 fully saturated rings. The molecule has 0 aliphatic heterocycles.